The molecule has 0 saturated heterocycles. The van der Waals surface area contributed by atoms with E-state index >= 15 is 0 Å². The van der Waals surface area contributed by atoms with Crippen molar-refractivity contribution in [3.63, 3.8) is 0 Å². The van der Waals surface area contributed by atoms with E-state index in [0.29, 0.717) is 6.04 Å². The van der Waals surface area contributed by atoms with Crippen molar-refractivity contribution in [2.45, 2.75) is 52.5 Å². The second-order valence-electron chi connectivity index (χ2n) is 3.87. The first-order valence-electron chi connectivity index (χ1n) is 5.79. The van der Waals surface area contributed by atoms with Crippen molar-refractivity contribution in [2.75, 3.05) is 18.1 Å². The lowest BCUT2D eigenvalue weighted by Gasteiger charge is -2.12. The maximum atomic E-state index is 11.6. The van der Waals surface area contributed by atoms with Gasteiger partial charge in [0.15, 0.2) is 0 Å². The van der Waals surface area contributed by atoms with E-state index in [2.05, 4.69) is 26.1 Å². The first kappa shape index (κ1) is 14.1. The highest BCUT2D eigenvalue weighted by Crippen LogP contribution is 1.98. The molecule has 0 spiro atoms. The average molecular weight is 219 g/mol. The Labute approximate surface area is 91.3 Å². The van der Waals surface area contributed by atoms with Crippen LogP contribution in [-0.2, 0) is 10.8 Å². The van der Waals surface area contributed by atoms with Gasteiger partial charge in [0, 0.05) is 28.3 Å². The van der Waals surface area contributed by atoms with Crippen molar-refractivity contribution in [1.29, 1.82) is 0 Å². The summed E-state index contributed by atoms with van der Waals surface area (Å²) in [5.74, 6) is 1.69. The normalized spacial score (nSPS) is 15.4. The monoisotopic (exact) mass is 219 g/mol. The van der Waals surface area contributed by atoms with E-state index in [-0.39, 0.29) is 0 Å². The van der Waals surface area contributed by atoms with Gasteiger partial charge in [-0.2, -0.15) is 0 Å². The van der Waals surface area contributed by atoms with Crippen LogP contribution in [0.3, 0.4) is 0 Å². The third-order valence-electron chi connectivity index (χ3n) is 2.15. The summed E-state index contributed by atoms with van der Waals surface area (Å²) in [4.78, 5) is 0. The first-order chi connectivity index (χ1) is 6.70. The number of nitrogens with one attached hydrogen (secondary N) is 1. The number of hydrogen-bond acceptors (Lipinski definition) is 2. The molecule has 14 heavy (non-hydrogen) atoms. The Kier molecular flexibility index (Phi) is 9.73. The van der Waals surface area contributed by atoms with Gasteiger partial charge in [0.1, 0.15) is 0 Å². The molecule has 2 unspecified atom stereocenters. The lowest BCUT2D eigenvalue weighted by atomic mass is 10.3. The highest BCUT2D eigenvalue weighted by atomic mass is 32.2. The van der Waals surface area contributed by atoms with Crippen LogP contribution in [0.4, 0.5) is 0 Å². The average Bonchev–Trinajstić information content (AvgIpc) is 2.15. The molecule has 0 aromatic rings. The van der Waals surface area contributed by atoms with Crippen molar-refractivity contribution >= 4 is 10.8 Å². The molecule has 0 amide bonds. The molecule has 0 rings (SSSR count). The minimum absolute atomic E-state index is 0.400. The zero-order chi connectivity index (χ0) is 10.8. The van der Waals surface area contributed by atoms with Gasteiger partial charge < -0.3 is 5.32 Å². The molecule has 0 aliphatic heterocycles. The van der Waals surface area contributed by atoms with Crippen LogP contribution in [0.2, 0.25) is 0 Å². The van der Waals surface area contributed by atoms with E-state index in [9.17, 15) is 4.21 Å². The highest BCUT2D eigenvalue weighted by Gasteiger charge is 2.05. The van der Waals surface area contributed by atoms with Crippen molar-refractivity contribution in [3.05, 3.63) is 0 Å². The smallest absolute Gasteiger partial charge is 0.0386 e. The summed E-state index contributed by atoms with van der Waals surface area (Å²) >= 11 is 0. The summed E-state index contributed by atoms with van der Waals surface area (Å²) in [6.07, 6.45) is 4.68. The van der Waals surface area contributed by atoms with E-state index in [1.54, 1.807) is 0 Å². The lowest BCUT2D eigenvalue weighted by molar-refractivity contribution is 0.581. The van der Waals surface area contributed by atoms with Gasteiger partial charge >= 0.3 is 0 Å². The molecule has 0 saturated carbocycles. The van der Waals surface area contributed by atoms with Gasteiger partial charge in [0.05, 0.1) is 0 Å². The highest BCUT2D eigenvalue weighted by molar-refractivity contribution is 7.85. The molecule has 1 N–H and O–H groups in total. The topological polar surface area (TPSA) is 29.1 Å². The largest absolute Gasteiger partial charge is 0.313 e. The summed E-state index contributed by atoms with van der Waals surface area (Å²) in [5, 5.41) is 3.36. The molecule has 0 aliphatic carbocycles. The molecule has 86 valence electrons. The third-order valence-corrected chi connectivity index (χ3v) is 3.77. The van der Waals surface area contributed by atoms with Gasteiger partial charge in [-0.1, -0.05) is 26.7 Å². The Morgan fingerprint density at radius 3 is 2.50 bits per heavy atom. The Bertz CT molecular complexity index is 150. The zero-order valence-corrected chi connectivity index (χ0v) is 10.7. The van der Waals surface area contributed by atoms with Crippen molar-refractivity contribution in [3.8, 4) is 0 Å². The van der Waals surface area contributed by atoms with Crippen molar-refractivity contribution in [2.24, 2.45) is 0 Å². The Balaban J connectivity index is 3.40. The van der Waals surface area contributed by atoms with E-state index < -0.39 is 10.8 Å². The van der Waals surface area contributed by atoms with Crippen molar-refractivity contribution in [1.82, 2.24) is 5.32 Å². The van der Waals surface area contributed by atoms with Crippen molar-refractivity contribution < 1.29 is 4.21 Å². The summed E-state index contributed by atoms with van der Waals surface area (Å²) in [6.45, 7) is 7.48. The van der Waals surface area contributed by atoms with Crippen LogP contribution < -0.4 is 5.32 Å². The maximum absolute atomic E-state index is 11.6. The maximum Gasteiger partial charge on any atom is 0.0386 e. The standard InChI is InChI=1S/C11H25NOS/c1-4-6-7-9-14(13)10-11(3)12-8-5-2/h11-12H,4-10H2,1-3H3. The van der Waals surface area contributed by atoms with Crippen LogP contribution in [0, 0.1) is 0 Å². The van der Waals surface area contributed by atoms with Crippen LogP contribution in [0.15, 0.2) is 0 Å². The zero-order valence-electron chi connectivity index (χ0n) is 9.84. The fourth-order valence-electron chi connectivity index (χ4n) is 1.32. The Morgan fingerprint density at radius 1 is 1.21 bits per heavy atom. The molecule has 2 atom stereocenters. The van der Waals surface area contributed by atoms with Crippen LogP contribution in [0.1, 0.15) is 46.5 Å². The predicted octanol–water partition coefficient (Wildman–Crippen LogP) is 2.31. The molecule has 0 radical (unpaired) electrons. The molecule has 0 aromatic carbocycles. The van der Waals surface area contributed by atoms with Crippen LogP contribution in [0.25, 0.3) is 0 Å². The van der Waals surface area contributed by atoms with Gasteiger partial charge in [0.25, 0.3) is 0 Å². The van der Waals surface area contributed by atoms with Gasteiger partial charge in [0.2, 0.25) is 0 Å². The van der Waals surface area contributed by atoms with Gasteiger partial charge in [-0.05, 0) is 26.3 Å². The summed E-state index contributed by atoms with van der Waals surface area (Å²) in [5.41, 5.74) is 0. The van der Waals surface area contributed by atoms with E-state index in [1.165, 1.54) is 12.8 Å². The van der Waals surface area contributed by atoms with E-state index in [1.807, 2.05) is 0 Å². The molecular weight excluding hydrogens is 194 g/mol. The molecule has 0 aromatic heterocycles. The van der Waals surface area contributed by atoms with Crippen LogP contribution in [0.5, 0.6) is 0 Å². The minimum Gasteiger partial charge on any atom is -0.313 e. The Hall–Kier alpha value is 0.110. The van der Waals surface area contributed by atoms with Crippen LogP contribution >= 0.6 is 0 Å². The predicted molar refractivity (Wildman–Crippen MR) is 65.2 cm³/mol. The molecule has 0 heterocycles. The number of hydrogen-bond donors (Lipinski definition) is 1. The second-order valence-corrected chi connectivity index (χ2v) is 5.49. The molecular formula is C11H25NOS. The second kappa shape index (κ2) is 9.66. The van der Waals surface area contributed by atoms with Gasteiger partial charge in [-0.15, -0.1) is 0 Å². The summed E-state index contributed by atoms with van der Waals surface area (Å²) in [6, 6.07) is 0.400. The Morgan fingerprint density at radius 2 is 1.93 bits per heavy atom. The molecule has 0 bridgehead atoms. The van der Waals surface area contributed by atoms with Crippen LogP contribution in [-0.4, -0.2) is 28.3 Å². The third kappa shape index (κ3) is 8.70. The van der Waals surface area contributed by atoms with Gasteiger partial charge in [-0.3, -0.25) is 4.21 Å². The molecule has 2 nitrogen and oxygen atoms in total. The summed E-state index contributed by atoms with van der Waals surface area (Å²) < 4.78 is 11.6. The molecule has 0 fully saturated rings. The fraction of sp³-hybridized carbons (Fsp3) is 1.00. The summed E-state index contributed by atoms with van der Waals surface area (Å²) in [7, 11) is -0.618. The first-order valence-corrected chi connectivity index (χ1v) is 7.27. The molecule has 3 heteroatoms. The minimum atomic E-state index is -0.618. The van der Waals surface area contributed by atoms with E-state index in [4.69, 9.17) is 0 Å². The number of unbranched alkanes of at least 4 members (excludes halogenated alkanes) is 2. The lowest BCUT2D eigenvalue weighted by Crippen LogP contribution is -2.32. The SMILES string of the molecule is CCCCCS(=O)CC(C)NCCC. The number of rotatable bonds is 9. The van der Waals surface area contributed by atoms with Gasteiger partial charge in [-0.25, -0.2) is 0 Å². The fourth-order valence-corrected chi connectivity index (χ4v) is 2.69. The van der Waals surface area contributed by atoms with E-state index in [0.717, 1.165) is 30.9 Å². The molecule has 0 aliphatic rings. The quantitative estimate of drug-likeness (QED) is 0.603.